The summed E-state index contributed by atoms with van der Waals surface area (Å²) in [7, 11) is 1.51. The van der Waals surface area contributed by atoms with Gasteiger partial charge < -0.3 is 24.8 Å². The summed E-state index contributed by atoms with van der Waals surface area (Å²) < 4.78 is 38.1. The number of hydrogen-bond acceptors (Lipinski definition) is 9. The molecule has 3 heterocycles. The molecule has 2 aromatic carbocycles. The minimum absolute atomic E-state index is 0.0236. The normalized spacial score (nSPS) is 20.6. The van der Waals surface area contributed by atoms with Crippen LogP contribution in [0.2, 0.25) is 0 Å². The van der Waals surface area contributed by atoms with Crippen molar-refractivity contribution in [3.8, 4) is 11.8 Å². The number of methoxy groups -OCH3 is 1. The zero-order valence-corrected chi connectivity index (χ0v) is 27.9. The van der Waals surface area contributed by atoms with E-state index in [1.807, 2.05) is 36.4 Å². The molecule has 1 unspecified atom stereocenters. The van der Waals surface area contributed by atoms with Gasteiger partial charge in [-0.05, 0) is 24.0 Å². The van der Waals surface area contributed by atoms with Crippen LogP contribution in [0.4, 0.5) is 8.78 Å². The number of ether oxygens (including phenoxy) is 2. The summed E-state index contributed by atoms with van der Waals surface area (Å²) in [5, 5.41) is 12.5. The second kappa shape index (κ2) is 15.6. The molecule has 0 spiro atoms. The number of aliphatic hydroxyl groups is 1. The third kappa shape index (κ3) is 8.17. The van der Waals surface area contributed by atoms with E-state index < -0.39 is 31.6 Å². The molecule has 2 amide bonds. The maximum Gasteiger partial charge on any atom is 0.272 e. The number of nitrogens with one attached hydrogen (secondary N) is 1. The van der Waals surface area contributed by atoms with Crippen LogP contribution in [-0.4, -0.2) is 119 Å². The van der Waals surface area contributed by atoms with E-state index in [1.54, 1.807) is 4.90 Å². The highest BCUT2D eigenvalue weighted by molar-refractivity contribution is 5.87. The van der Waals surface area contributed by atoms with Crippen LogP contribution in [0.15, 0.2) is 60.7 Å². The van der Waals surface area contributed by atoms with E-state index >= 15 is 0 Å². The van der Waals surface area contributed by atoms with Gasteiger partial charge in [0.25, 0.3) is 6.43 Å². The van der Waals surface area contributed by atoms with E-state index in [1.165, 1.54) is 14.0 Å². The van der Waals surface area contributed by atoms with Gasteiger partial charge in [-0.3, -0.25) is 19.4 Å². The van der Waals surface area contributed by atoms with Crippen molar-refractivity contribution in [2.75, 3.05) is 53.0 Å². The molecule has 3 aromatic rings. The van der Waals surface area contributed by atoms with Gasteiger partial charge in [-0.2, -0.15) is 9.97 Å². The highest BCUT2D eigenvalue weighted by Gasteiger charge is 2.44. The van der Waals surface area contributed by atoms with Crippen LogP contribution >= 0.6 is 0 Å². The molecule has 2 N–H and O–H groups in total. The number of carbonyl (C=O) groups is 2. The number of aliphatic hydroxyl groups excluding tert-OH is 1. The van der Waals surface area contributed by atoms with Crippen molar-refractivity contribution < 1.29 is 33.0 Å². The number of aromatic nitrogens is 2. The van der Waals surface area contributed by atoms with Crippen molar-refractivity contribution in [2.45, 2.75) is 62.7 Å². The molecule has 11 nitrogen and oxygen atoms in total. The Labute approximate surface area is 285 Å². The maximum atomic E-state index is 13.5. The monoisotopic (exact) mass is 678 g/mol. The van der Waals surface area contributed by atoms with Crippen LogP contribution in [0.25, 0.3) is 0 Å². The molecule has 3 fully saturated rings. The Morgan fingerprint density at radius 3 is 2.18 bits per heavy atom. The molecule has 6 rings (SSSR count). The first-order valence-electron chi connectivity index (χ1n) is 16.9. The van der Waals surface area contributed by atoms with Crippen molar-refractivity contribution in [2.24, 2.45) is 0 Å². The van der Waals surface area contributed by atoms with E-state index in [0.717, 1.165) is 24.0 Å². The van der Waals surface area contributed by atoms with Gasteiger partial charge >= 0.3 is 0 Å². The maximum absolute atomic E-state index is 13.5. The minimum atomic E-state index is -2.67. The highest BCUT2D eigenvalue weighted by atomic mass is 19.3. The van der Waals surface area contributed by atoms with Crippen LogP contribution in [0, 0.1) is 0 Å². The lowest BCUT2D eigenvalue weighted by molar-refractivity contribution is -0.142. The first-order valence-corrected chi connectivity index (χ1v) is 16.9. The van der Waals surface area contributed by atoms with E-state index in [4.69, 9.17) is 9.47 Å². The summed E-state index contributed by atoms with van der Waals surface area (Å²) in [4.78, 5) is 41.0. The number of amides is 2. The summed E-state index contributed by atoms with van der Waals surface area (Å²) in [6.45, 7) is 2.87. The zero-order chi connectivity index (χ0) is 34.5. The molecular formula is C36H44F2N6O5. The molecule has 0 radical (unpaired) electrons. The summed E-state index contributed by atoms with van der Waals surface area (Å²) in [6.07, 6.45) is -0.817. The Morgan fingerprint density at radius 1 is 0.959 bits per heavy atom. The number of benzene rings is 2. The highest BCUT2D eigenvalue weighted by Crippen LogP contribution is 2.42. The van der Waals surface area contributed by atoms with Crippen molar-refractivity contribution in [3.05, 3.63) is 83.2 Å². The second-order valence-electron chi connectivity index (χ2n) is 13.0. The first kappa shape index (κ1) is 34.7. The third-order valence-corrected chi connectivity index (χ3v) is 9.55. The molecule has 49 heavy (non-hydrogen) atoms. The standard InChI is InChI=1S/C36H44F2N6O5/c1-23(46)39-29(21-45)36(47)43-15-16-44-27(18-43)17-42(20-30(44)32(24-9-5-3-6-10-24)25-11-7-4-8-12-25)19-28-34(48-2)40-33(26-13-14-26)41-35(28)49-22-31(37)38/h3-12,26-27,29-32,45H,13-22H2,1-2H3,(H,39,46)/t27-,29?,30+/m1/s1. The smallest absolute Gasteiger partial charge is 0.272 e. The van der Waals surface area contributed by atoms with Gasteiger partial charge in [-0.1, -0.05) is 60.7 Å². The molecule has 262 valence electrons. The largest absolute Gasteiger partial charge is 0.481 e. The van der Waals surface area contributed by atoms with E-state index in [0.29, 0.717) is 50.0 Å². The van der Waals surface area contributed by atoms with E-state index in [-0.39, 0.29) is 42.3 Å². The summed E-state index contributed by atoms with van der Waals surface area (Å²) >= 11 is 0. The van der Waals surface area contributed by atoms with Gasteiger partial charge in [0, 0.05) is 70.1 Å². The van der Waals surface area contributed by atoms with E-state index in [9.17, 15) is 23.5 Å². The molecule has 13 heteroatoms. The van der Waals surface area contributed by atoms with Gasteiger partial charge in [0.15, 0.2) is 6.61 Å². The number of halogens is 2. The van der Waals surface area contributed by atoms with Crippen LogP contribution in [0.3, 0.4) is 0 Å². The average Bonchev–Trinajstić information content (AvgIpc) is 3.96. The fraction of sp³-hybridized carbons (Fsp3) is 0.500. The molecule has 1 saturated carbocycles. The molecule has 0 bridgehead atoms. The Bertz CT molecular complexity index is 1540. The number of nitrogens with zero attached hydrogens (tertiary/aromatic N) is 5. The molecule has 1 aromatic heterocycles. The molecular weight excluding hydrogens is 634 g/mol. The van der Waals surface area contributed by atoms with Gasteiger partial charge in [0.1, 0.15) is 11.9 Å². The lowest BCUT2D eigenvalue weighted by atomic mass is 9.81. The number of fused-ring (bicyclic) bond motifs is 1. The van der Waals surface area contributed by atoms with Crippen LogP contribution < -0.4 is 14.8 Å². The number of carbonyl (C=O) groups excluding carboxylic acids is 2. The Morgan fingerprint density at radius 2 is 1.61 bits per heavy atom. The lowest BCUT2D eigenvalue weighted by Crippen LogP contribution is -2.68. The topological polar surface area (TPSA) is 120 Å². The number of rotatable bonds is 13. The zero-order valence-electron chi connectivity index (χ0n) is 27.9. The number of piperazine rings is 2. The lowest BCUT2D eigenvalue weighted by Gasteiger charge is -2.53. The van der Waals surface area contributed by atoms with Crippen molar-refractivity contribution in [1.82, 2.24) is 30.0 Å². The summed E-state index contributed by atoms with van der Waals surface area (Å²) in [6, 6.07) is 19.5. The Balaban J connectivity index is 1.36. The number of alkyl halides is 2. The summed E-state index contributed by atoms with van der Waals surface area (Å²) in [5.41, 5.74) is 2.81. The second-order valence-corrected chi connectivity index (χ2v) is 13.0. The van der Waals surface area contributed by atoms with Crippen molar-refractivity contribution in [3.63, 3.8) is 0 Å². The van der Waals surface area contributed by atoms with Gasteiger partial charge in [0.05, 0.1) is 19.3 Å². The van der Waals surface area contributed by atoms with Crippen LogP contribution in [-0.2, 0) is 16.1 Å². The van der Waals surface area contributed by atoms with Gasteiger partial charge in [-0.25, -0.2) is 8.78 Å². The van der Waals surface area contributed by atoms with Crippen molar-refractivity contribution >= 4 is 11.8 Å². The predicted octanol–water partition coefficient (Wildman–Crippen LogP) is 3.03. The summed E-state index contributed by atoms with van der Waals surface area (Å²) in [5.74, 6) is 0.374. The molecule has 2 aliphatic heterocycles. The number of hydrogen-bond donors (Lipinski definition) is 2. The molecule has 2 saturated heterocycles. The minimum Gasteiger partial charge on any atom is -0.481 e. The SMILES string of the molecule is COc1nc(C2CC2)nc(OCC(F)F)c1CN1C[C@@H]2CN(C(=O)C(CO)NC(C)=O)CCN2[C@H](C(c2ccccc2)c2ccccc2)C1. The average molecular weight is 679 g/mol. The van der Waals surface area contributed by atoms with Crippen molar-refractivity contribution in [1.29, 1.82) is 0 Å². The fourth-order valence-electron chi connectivity index (χ4n) is 7.22. The van der Waals surface area contributed by atoms with Crippen LogP contribution in [0.5, 0.6) is 11.8 Å². The van der Waals surface area contributed by atoms with E-state index in [2.05, 4.69) is 49.4 Å². The fourth-order valence-corrected chi connectivity index (χ4v) is 7.22. The van der Waals surface area contributed by atoms with Gasteiger partial charge in [-0.15, -0.1) is 0 Å². The molecule has 1 aliphatic carbocycles. The first-order chi connectivity index (χ1) is 23.7. The Kier molecular flexibility index (Phi) is 11.0. The predicted molar refractivity (Wildman–Crippen MR) is 178 cm³/mol. The molecule has 3 atom stereocenters. The quantitative estimate of drug-likeness (QED) is 0.281. The van der Waals surface area contributed by atoms with Gasteiger partial charge in [0.2, 0.25) is 23.6 Å². The third-order valence-electron chi connectivity index (χ3n) is 9.55. The van der Waals surface area contributed by atoms with Crippen LogP contribution in [0.1, 0.15) is 54.1 Å². The Hall–Kier alpha value is -4.20. The molecule has 3 aliphatic rings.